The first-order chi connectivity index (χ1) is 13.0. The highest BCUT2D eigenvalue weighted by Crippen LogP contribution is 2.29. The van der Waals surface area contributed by atoms with Crippen LogP contribution in [-0.2, 0) is 10.0 Å². The Morgan fingerprint density at radius 2 is 1.52 bits per heavy atom. The van der Waals surface area contributed by atoms with Gasteiger partial charge in [-0.25, -0.2) is 8.42 Å². The van der Waals surface area contributed by atoms with Crippen LogP contribution in [0.3, 0.4) is 0 Å². The lowest BCUT2D eigenvalue weighted by Gasteiger charge is -2.13. The van der Waals surface area contributed by atoms with E-state index >= 15 is 0 Å². The molecule has 0 atom stereocenters. The van der Waals surface area contributed by atoms with Gasteiger partial charge in [0.15, 0.2) is 0 Å². The van der Waals surface area contributed by atoms with Crippen molar-refractivity contribution in [3.8, 4) is 5.75 Å². The van der Waals surface area contributed by atoms with E-state index in [1.165, 1.54) is 25.3 Å². The van der Waals surface area contributed by atoms with Crippen LogP contribution in [0.25, 0.3) is 0 Å². The molecule has 0 saturated heterocycles. The molecule has 7 heteroatoms. The van der Waals surface area contributed by atoms with Gasteiger partial charge < -0.3 is 10.1 Å². The van der Waals surface area contributed by atoms with Crippen molar-refractivity contribution in [2.75, 3.05) is 17.1 Å². The second-order valence-electron chi connectivity index (χ2n) is 5.65. The van der Waals surface area contributed by atoms with E-state index in [0.717, 1.165) is 0 Å². The second-order valence-corrected chi connectivity index (χ2v) is 7.34. The molecule has 6 nitrogen and oxygen atoms in total. The fourth-order valence-corrected chi connectivity index (χ4v) is 3.54. The molecule has 0 aliphatic carbocycles. The number of methoxy groups -OCH3 is 1. The maximum absolute atomic E-state index is 12.6. The Hall–Kier alpha value is -3.32. The summed E-state index contributed by atoms with van der Waals surface area (Å²) < 4.78 is 33.0. The van der Waals surface area contributed by atoms with Crippen molar-refractivity contribution in [3.63, 3.8) is 0 Å². The van der Waals surface area contributed by atoms with Gasteiger partial charge in [-0.05, 0) is 42.5 Å². The van der Waals surface area contributed by atoms with Crippen LogP contribution in [-0.4, -0.2) is 21.4 Å². The van der Waals surface area contributed by atoms with Crippen LogP contribution in [0.4, 0.5) is 11.4 Å². The van der Waals surface area contributed by atoms with Gasteiger partial charge in [-0.15, -0.1) is 0 Å². The smallest absolute Gasteiger partial charge is 0.261 e. The van der Waals surface area contributed by atoms with Crippen LogP contribution < -0.4 is 14.8 Å². The fraction of sp³-hybridized carbons (Fsp3) is 0.0500. The molecule has 0 aliphatic rings. The minimum atomic E-state index is -3.82. The number of carbonyl (C=O) groups excluding carboxylic acids is 1. The van der Waals surface area contributed by atoms with Gasteiger partial charge in [-0.3, -0.25) is 9.52 Å². The van der Waals surface area contributed by atoms with Gasteiger partial charge >= 0.3 is 0 Å². The van der Waals surface area contributed by atoms with Crippen molar-refractivity contribution < 1.29 is 17.9 Å². The first-order valence-electron chi connectivity index (χ1n) is 8.12. The molecule has 0 heterocycles. The largest absolute Gasteiger partial charge is 0.495 e. The Labute approximate surface area is 157 Å². The van der Waals surface area contributed by atoms with Crippen molar-refractivity contribution >= 4 is 27.3 Å². The number of carbonyl (C=O) groups is 1. The summed E-state index contributed by atoms with van der Waals surface area (Å²) in [5, 5.41) is 2.70. The summed E-state index contributed by atoms with van der Waals surface area (Å²) in [7, 11) is -2.37. The number of para-hydroxylation sites is 1. The van der Waals surface area contributed by atoms with Gasteiger partial charge in [0.05, 0.1) is 17.7 Å². The molecule has 3 aromatic rings. The van der Waals surface area contributed by atoms with E-state index in [0.29, 0.717) is 17.0 Å². The fourth-order valence-electron chi connectivity index (χ4n) is 2.46. The first kappa shape index (κ1) is 18.5. The molecule has 0 saturated carbocycles. The molecule has 0 fully saturated rings. The predicted molar refractivity (Wildman–Crippen MR) is 105 cm³/mol. The molecule has 3 aromatic carbocycles. The normalized spacial score (nSPS) is 10.9. The van der Waals surface area contributed by atoms with Crippen molar-refractivity contribution in [3.05, 3.63) is 84.4 Å². The third-order valence-corrected chi connectivity index (χ3v) is 5.17. The number of hydrogen-bond donors (Lipinski definition) is 2. The molecule has 0 bridgehead atoms. The van der Waals surface area contributed by atoms with E-state index in [2.05, 4.69) is 10.0 Å². The molecule has 0 aromatic heterocycles. The summed E-state index contributed by atoms with van der Waals surface area (Å²) in [5.41, 5.74) is 1.17. The van der Waals surface area contributed by atoms with Gasteiger partial charge in [0.25, 0.3) is 15.9 Å². The van der Waals surface area contributed by atoms with Gasteiger partial charge in [0.2, 0.25) is 0 Å². The second kappa shape index (κ2) is 7.92. The van der Waals surface area contributed by atoms with E-state index in [-0.39, 0.29) is 16.5 Å². The summed E-state index contributed by atoms with van der Waals surface area (Å²) in [6, 6.07) is 21.5. The van der Waals surface area contributed by atoms with Crippen molar-refractivity contribution in [2.45, 2.75) is 4.90 Å². The summed E-state index contributed by atoms with van der Waals surface area (Å²) in [6.45, 7) is 0. The monoisotopic (exact) mass is 382 g/mol. The number of hydrogen-bond acceptors (Lipinski definition) is 4. The molecule has 0 unspecified atom stereocenters. The van der Waals surface area contributed by atoms with Crippen LogP contribution in [0.15, 0.2) is 83.8 Å². The molecule has 1 amide bonds. The SMILES string of the molecule is COc1ccc(S(=O)(=O)Nc2ccccc2)cc1NC(=O)c1ccccc1. The molecule has 27 heavy (non-hydrogen) atoms. The molecule has 3 rings (SSSR count). The molecular weight excluding hydrogens is 364 g/mol. The Balaban J connectivity index is 1.90. The highest BCUT2D eigenvalue weighted by atomic mass is 32.2. The zero-order valence-electron chi connectivity index (χ0n) is 14.5. The van der Waals surface area contributed by atoms with Crippen LogP contribution in [0.1, 0.15) is 10.4 Å². The predicted octanol–water partition coefficient (Wildman–Crippen LogP) is 3.75. The highest BCUT2D eigenvalue weighted by Gasteiger charge is 2.18. The Bertz CT molecular complexity index is 1040. The summed E-state index contributed by atoms with van der Waals surface area (Å²) >= 11 is 0. The average Bonchev–Trinajstić information content (AvgIpc) is 2.69. The Morgan fingerprint density at radius 1 is 0.889 bits per heavy atom. The maximum Gasteiger partial charge on any atom is 0.261 e. The lowest BCUT2D eigenvalue weighted by molar-refractivity contribution is 0.102. The van der Waals surface area contributed by atoms with E-state index in [9.17, 15) is 13.2 Å². The van der Waals surface area contributed by atoms with E-state index < -0.39 is 10.0 Å². The Morgan fingerprint density at radius 3 is 2.15 bits per heavy atom. The minimum Gasteiger partial charge on any atom is -0.495 e. The lowest BCUT2D eigenvalue weighted by Crippen LogP contribution is -2.15. The number of benzene rings is 3. The van der Waals surface area contributed by atoms with Crippen LogP contribution in [0, 0.1) is 0 Å². The number of rotatable bonds is 6. The van der Waals surface area contributed by atoms with Gasteiger partial charge in [-0.2, -0.15) is 0 Å². The number of nitrogens with one attached hydrogen (secondary N) is 2. The van der Waals surface area contributed by atoms with Crippen molar-refractivity contribution in [2.24, 2.45) is 0 Å². The third kappa shape index (κ3) is 4.45. The zero-order chi connectivity index (χ0) is 19.3. The maximum atomic E-state index is 12.6. The minimum absolute atomic E-state index is 0.00974. The lowest BCUT2D eigenvalue weighted by atomic mass is 10.2. The van der Waals surface area contributed by atoms with Crippen LogP contribution in [0.2, 0.25) is 0 Å². The summed E-state index contributed by atoms with van der Waals surface area (Å²) in [6.07, 6.45) is 0. The van der Waals surface area contributed by atoms with Gasteiger partial charge in [0.1, 0.15) is 5.75 Å². The number of ether oxygens (including phenoxy) is 1. The number of amides is 1. The number of anilines is 2. The van der Waals surface area contributed by atoms with Crippen molar-refractivity contribution in [1.29, 1.82) is 0 Å². The quantitative estimate of drug-likeness (QED) is 0.680. The van der Waals surface area contributed by atoms with E-state index in [1.807, 2.05) is 0 Å². The van der Waals surface area contributed by atoms with Crippen LogP contribution in [0.5, 0.6) is 5.75 Å². The summed E-state index contributed by atoms with van der Waals surface area (Å²) in [4.78, 5) is 12.4. The zero-order valence-corrected chi connectivity index (χ0v) is 15.4. The van der Waals surface area contributed by atoms with Gasteiger partial charge in [-0.1, -0.05) is 36.4 Å². The third-order valence-electron chi connectivity index (χ3n) is 3.79. The topological polar surface area (TPSA) is 84.5 Å². The molecule has 0 spiro atoms. The van der Waals surface area contributed by atoms with Crippen molar-refractivity contribution in [1.82, 2.24) is 0 Å². The molecular formula is C20H18N2O4S. The molecule has 2 N–H and O–H groups in total. The highest BCUT2D eigenvalue weighted by molar-refractivity contribution is 7.92. The Kier molecular flexibility index (Phi) is 5.42. The van der Waals surface area contributed by atoms with Crippen LogP contribution >= 0.6 is 0 Å². The molecule has 0 radical (unpaired) electrons. The van der Waals surface area contributed by atoms with E-state index in [4.69, 9.17) is 4.74 Å². The summed E-state index contributed by atoms with van der Waals surface area (Å²) in [5.74, 6) is -0.00240. The van der Waals surface area contributed by atoms with Gasteiger partial charge in [0, 0.05) is 11.3 Å². The van der Waals surface area contributed by atoms with E-state index in [1.54, 1.807) is 60.7 Å². The molecule has 0 aliphatic heterocycles. The standard InChI is InChI=1S/C20H18N2O4S/c1-26-19-13-12-17(27(24,25)22-16-10-6-3-7-11-16)14-18(19)21-20(23)15-8-4-2-5-9-15/h2-14,22H,1H3,(H,21,23). The molecule has 138 valence electrons. The first-order valence-corrected chi connectivity index (χ1v) is 9.60. The number of sulfonamides is 1. The average molecular weight is 382 g/mol.